The molecule has 0 aliphatic heterocycles. The highest BCUT2D eigenvalue weighted by atomic mass is 16.5. The van der Waals surface area contributed by atoms with Gasteiger partial charge in [0.25, 0.3) is 0 Å². The van der Waals surface area contributed by atoms with Crippen molar-refractivity contribution in [1.29, 1.82) is 0 Å². The average Bonchev–Trinajstić information content (AvgIpc) is 2.35. The third kappa shape index (κ3) is 11.4. The third-order valence-electron chi connectivity index (χ3n) is 2.74. The first kappa shape index (κ1) is 16.9. The van der Waals surface area contributed by atoms with E-state index in [1.54, 1.807) is 6.92 Å². The molecule has 0 unspecified atom stereocenters. The summed E-state index contributed by atoms with van der Waals surface area (Å²) in [5.41, 5.74) is 0.470. The number of allylic oxidation sites excluding steroid dienone is 2. The van der Waals surface area contributed by atoms with Gasteiger partial charge in [-0.05, 0) is 32.6 Å². The predicted octanol–water partition coefficient (Wildman–Crippen LogP) is 4.80. The lowest BCUT2D eigenvalue weighted by atomic mass is 10.1. The zero-order valence-corrected chi connectivity index (χ0v) is 12.0. The minimum absolute atomic E-state index is 0.282. The lowest BCUT2D eigenvalue weighted by Crippen LogP contribution is -2.05. The van der Waals surface area contributed by atoms with Crippen LogP contribution in [0.1, 0.15) is 65.2 Å². The Morgan fingerprint density at radius 3 is 2.28 bits per heavy atom. The largest absolute Gasteiger partial charge is 0.462 e. The van der Waals surface area contributed by atoms with Gasteiger partial charge in [-0.15, -0.1) is 0 Å². The van der Waals surface area contributed by atoms with Crippen LogP contribution in [0, 0.1) is 0 Å². The van der Waals surface area contributed by atoms with Crippen molar-refractivity contribution >= 4 is 5.97 Å². The molecular weight excluding hydrogens is 224 g/mol. The summed E-state index contributed by atoms with van der Waals surface area (Å²) in [6.07, 6.45) is 14.1. The lowest BCUT2D eigenvalue weighted by Gasteiger charge is -2.02. The topological polar surface area (TPSA) is 26.3 Å². The molecule has 0 bridgehead atoms. The molecule has 18 heavy (non-hydrogen) atoms. The maximum Gasteiger partial charge on any atom is 0.333 e. The number of carbonyl (C=O) groups excluding carboxylic acids is 1. The van der Waals surface area contributed by atoms with Crippen molar-refractivity contribution in [3.8, 4) is 0 Å². The van der Waals surface area contributed by atoms with Crippen LogP contribution >= 0.6 is 0 Å². The lowest BCUT2D eigenvalue weighted by molar-refractivity contribution is -0.139. The quantitative estimate of drug-likeness (QED) is 0.228. The smallest absolute Gasteiger partial charge is 0.333 e. The number of unbranched alkanes of at least 4 members (excludes halogenated alkanes) is 6. The van der Waals surface area contributed by atoms with Gasteiger partial charge in [-0.25, -0.2) is 4.79 Å². The highest BCUT2D eigenvalue weighted by molar-refractivity contribution is 5.86. The molecule has 0 spiro atoms. The summed E-state index contributed by atoms with van der Waals surface area (Å²) in [4.78, 5) is 11.1. The molecule has 0 aliphatic carbocycles. The van der Waals surface area contributed by atoms with Gasteiger partial charge in [0.15, 0.2) is 0 Å². The highest BCUT2D eigenvalue weighted by Gasteiger charge is 2.00. The fourth-order valence-electron chi connectivity index (χ4n) is 1.59. The highest BCUT2D eigenvalue weighted by Crippen LogP contribution is 2.06. The van der Waals surface area contributed by atoms with Crippen LogP contribution in [0.4, 0.5) is 0 Å². The Labute approximate surface area is 112 Å². The molecule has 0 aromatic rings. The Morgan fingerprint density at radius 2 is 1.67 bits per heavy atom. The van der Waals surface area contributed by atoms with Gasteiger partial charge in [-0.3, -0.25) is 0 Å². The number of rotatable bonds is 11. The molecule has 2 nitrogen and oxygen atoms in total. The summed E-state index contributed by atoms with van der Waals surface area (Å²) in [6, 6.07) is 0. The van der Waals surface area contributed by atoms with E-state index in [2.05, 4.69) is 25.7 Å². The van der Waals surface area contributed by atoms with Gasteiger partial charge in [-0.2, -0.15) is 0 Å². The second kappa shape index (κ2) is 12.4. The van der Waals surface area contributed by atoms with E-state index in [9.17, 15) is 4.79 Å². The standard InChI is InChI=1S/C16H28O2/c1-4-5-6-7-8-9-10-11-12-13-14-18-16(17)15(2)3/h10-11H,2,4-9,12-14H2,1,3H3. The molecule has 0 N–H and O–H groups in total. The van der Waals surface area contributed by atoms with Gasteiger partial charge in [0, 0.05) is 5.57 Å². The monoisotopic (exact) mass is 252 g/mol. The number of carbonyl (C=O) groups is 1. The molecule has 0 radical (unpaired) electrons. The number of esters is 1. The van der Waals surface area contributed by atoms with Crippen LogP contribution in [0.5, 0.6) is 0 Å². The van der Waals surface area contributed by atoms with Crippen molar-refractivity contribution in [2.24, 2.45) is 0 Å². The van der Waals surface area contributed by atoms with Crippen molar-refractivity contribution in [3.63, 3.8) is 0 Å². The van der Waals surface area contributed by atoms with Crippen LogP contribution in [-0.2, 0) is 9.53 Å². The van der Waals surface area contributed by atoms with Crippen LogP contribution in [0.25, 0.3) is 0 Å². The number of hydrogen-bond acceptors (Lipinski definition) is 2. The van der Waals surface area contributed by atoms with Gasteiger partial charge in [0.2, 0.25) is 0 Å². The molecule has 0 amide bonds. The van der Waals surface area contributed by atoms with Crippen LogP contribution in [0.3, 0.4) is 0 Å². The van der Waals surface area contributed by atoms with E-state index in [0.29, 0.717) is 12.2 Å². The second-order valence-corrected chi connectivity index (χ2v) is 4.73. The normalized spacial score (nSPS) is 10.8. The molecule has 0 saturated carbocycles. The Hall–Kier alpha value is -1.05. The van der Waals surface area contributed by atoms with Gasteiger partial charge in [0.05, 0.1) is 6.61 Å². The van der Waals surface area contributed by atoms with Crippen LogP contribution in [0.2, 0.25) is 0 Å². The van der Waals surface area contributed by atoms with Crippen molar-refractivity contribution in [3.05, 3.63) is 24.3 Å². The van der Waals surface area contributed by atoms with E-state index in [4.69, 9.17) is 4.74 Å². The first-order chi connectivity index (χ1) is 8.68. The van der Waals surface area contributed by atoms with Crippen molar-refractivity contribution in [2.45, 2.75) is 65.2 Å². The summed E-state index contributed by atoms with van der Waals surface area (Å²) in [5, 5.41) is 0. The van der Waals surface area contributed by atoms with Crippen LogP contribution in [0.15, 0.2) is 24.3 Å². The van der Waals surface area contributed by atoms with Gasteiger partial charge in [0.1, 0.15) is 0 Å². The molecular formula is C16H28O2. The van der Waals surface area contributed by atoms with E-state index in [-0.39, 0.29) is 5.97 Å². The summed E-state index contributed by atoms with van der Waals surface area (Å²) in [7, 11) is 0. The Morgan fingerprint density at radius 1 is 1.06 bits per heavy atom. The molecule has 0 saturated heterocycles. The van der Waals surface area contributed by atoms with E-state index in [0.717, 1.165) is 12.8 Å². The average molecular weight is 252 g/mol. The minimum Gasteiger partial charge on any atom is -0.462 e. The second-order valence-electron chi connectivity index (χ2n) is 4.73. The Bertz CT molecular complexity index is 254. The summed E-state index contributed by atoms with van der Waals surface area (Å²) in [5.74, 6) is -0.282. The third-order valence-corrected chi connectivity index (χ3v) is 2.74. The first-order valence-corrected chi connectivity index (χ1v) is 7.16. The Kier molecular flexibility index (Phi) is 11.7. The van der Waals surface area contributed by atoms with Crippen molar-refractivity contribution in [2.75, 3.05) is 6.61 Å². The minimum atomic E-state index is -0.282. The van der Waals surface area contributed by atoms with E-state index in [1.807, 2.05) is 0 Å². The summed E-state index contributed by atoms with van der Waals surface area (Å²) in [6.45, 7) is 7.93. The van der Waals surface area contributed by atoms with Gasteiger partial charge in [-0.1, -0.05) is 51.3 Å². The molecule has 0 atom stereocenters. The molecule has 104 valence electrons. The van der Waals surface area contributed by atoms with Crippen molar-refractivity contribution < 1.29 is 9.53 Å². The molecule has 0 aliphatic rings. The zero-order valence-electron chi connectivity index (χ0n) is 12.0. The first-order valence-electron chi connectivity index (χ1n) is 7.16. The molecule has 2 heteroatoms. The SMILES string of the molecule is C=C(C)C(=O)OCCCC=CCCCCCCC. The molecule has 0 fully saturated rings. The van der Waals surface area contributed by atoms with Gasteiger partial charge >= 0.3 is 5.97 Å². The maximum absolute atomic E-state index is 11.1. The van der Waals surface area contributed by atoms with E-state index >= 15 is 0 Å². The number of hydrogen-bond donors (Lipinski definition) is 0. The fourth-order valence-corrected chi connectivity index (χ4v) is 1.59. The van der Waals surface area contributed by atoms with Gasteiger partial charge < -0.3 is 4.74 Å². The van der Waals surface area contributed by atoms with E-state index in [1.165, 1.54) is 38.5 Å². The fraction of sp³-hybridized carbons (Fsp3) is 0.688. The van der Waals surface area contributed by atoms with Crippen LogP contribution in [-0.4, -0.2) is 12.6 Å². The van der Waals surface area contributed by atoms with Crippen LogP contribution < -0.4 is 0 Å². The zero-order chi connectivity index (χ0) is 13.6. The molecule has 0 heterocycles. The summed E-state index contributed by atoms with van der Waals surface area (Å²) < 4.78 is 5.00. The maximum atomic E-state index is 11.1. The molecule has 0 aromatic heterocycles. The number of ether oxygens (including phenoxy) is 1. The molecule has 0 aromatic carbocycles. The van der Waals surface area contributed by atoms with E-state index < -0.39 is 0 Å². The molecule has 0 rings (SSSR count). The van der Waals surface area contributed by atoms with Crippen molar-refractivity contribution in [1.82, 2.24) is 0 Å². The summed E-state index contributed by atoms with van der Waals surface area (Å²) >= 11 is 0. The predicted molar refractivity (Wildman–Crippen MR) is 77.5 cm³/mol. The Balaban J connectivity index is 3.23.